The fourth-order valence-corrected chi connectivity index (χ4v) is 9.67. The first-order chi connectivity index (χ1) is 24.6. The minimum absolute atomic E-state index is 0.109. The van der Waals surface area contributed by atoms with Gasteiger partial charge in [0.05, 0.1) is 31.9 Å². The van der Waals surface area contributed by atoms with E-state index in [1.165, 1.54) is 9.80 Å². The summed E-state index contributed by atoms with van der Waals surface area (Å²) in [6, 6.07) is 32.6. The number of hydrogen-bond acceptors (Lipinski definition) is 14. The van der Waals surface area contributed by atoms with Crippen LogP contribution in [0.15, 0.2) is 117 Å². The van der Waals surface area contributed by atoms with Crippen molar-refractivity contribution in [3.63, 3.8) is 0 Å². The molecule has 0 saturated heterocycles. The Hall–Kier alpha value is -3.16. The van der Waals surface area contributed by atoms with Gasteiger partial charge in [-0.1, -0.05) is 0 Å². The van der Waals surface area contributed by atoms with Gasteiger partial charge in [-0.2, -0.15) is 10.5 Å². The maximum absolute atomic E-state index is 14.6. The lowest BCUT2D eigenvalue weighted by molar-refractivity contribution is 0.179. The first-order valence-corrected chi connectivity index (χ1v) is 23.7. The second kappa shape index (κ2) is 20.2. The minimum atomic E-state index is -4.03. The van der Waals surface area contributed by atoms with Crippen LogP contribution in [0.3, 0.4) is 0 Å². The first kappa shape index (κ1) is 40.6. The Bertz CT molecular complexity index is 1630. The van der Waals surface area contributed by atoms with Crippen molar-refractivity contribution in [2.24, 2.45) is 0 Å². The summed E-state index contributed by atoms with van der Waals surface area (Å²) in [5.74, 6) is 1.31. The lowest BCUT2D eigenvalue weighted by Gasteiger charge is -2.31. The minimum Gasteiger partial charge on any atom is -0.415 e. The Kier molecular flexibility index (Phi) is 16.1. The van der Waals surface area contributed by atoms with E-state index < -0.39 is 15.2 Å². The largest absolute Gasteiger partial charge is 0.444 e. The molecule has 0 spiro atoms. The monoisotopic (exact) mass is 800 g/mol. The molecule has 0 bridgehead atoms. The summed E-state index contributed by atoms with van der Waals surface area (Å²) in [5, 5.41) is 19.6. The third kappa shape index (κ3) is 13.1. The number of nitrogens with zero attached hydrogens (tertiary/aromatic N) is 4. The van der Waals surface area contributed by atoms with Crippen molar-refractivity contribution in [1.29, 1.82) is 10.5 Å². The SMILES string of the molecule is CSc1ccc(OP(=O)(CN(CC#N)CN(CC#N)CP(=O)(Oc2ccc(SC)cc2)Oc2ccc(SC)cc2)Oc2ccc(SC)cc2)cc1. The summed E-state index contributed by atoms with van der Waals surface area (Å²) in [7, 11) is -8.06. The summed E-state index contributed by atoms with van der Waals surface area (Å²) >= 11 is 6.24. The van der Waals surface area contributed by atoms with Crippen LogP contribution in [0.5, 0.6) is 23.0 Å². The zero-order valence-electron chi connectivity index (χ0n) is 28.5. The molecule has 0 aliphatic rings. The average Bonchev–Trinajstić information content (AvgIpc) is 3.13. The van der Waals surface area contributed by atoms with E-state index in [1.807, 2.05) is 73.6 Å². The molecule has 0 heterocycles. The van der Waals surface area contributed by atoms with Crippen molar-refractivity contribution in [3.05, 3.63) is 97.1 Å². The average molecular weight is 801 g/mol. The molecule has 0 fully saturated rings. The highest BCUT2D eigenvalue weighted by Crippen LogP contribution is 2.51. The van der Waals surface area contributed by atoms with Gasteiger partial charge in [0.15, 0.2) is 0 Å². The molecule has 51 heavy (non-hydrogen) atoms. The highest BCUT2D eigenvalue weighted by atomic mass is 32.2. The van der Waals surface area contributed by atoms with Crippen molar-refractivity contribution in [3.8, 4) is 35.1 Å². The fourth-order valence-electron chi connectivity index (χ4n) is 4.60. The summed E-state index contributed by atoms with van der Waals surface area (Å²) in [4.78, 5) is 7.04. The third-order valence-electron chi connectivity index (χ3n) is 6.95. The molecule has 0 amide bonds. The number of rotatable bonds is 20. The van der Waals surface area contributed by atoms with Crippen LogP contribution in [0, 0.1) is 22.7 Å². The van der Waals surface area contributed by atoms with Crippen LogP contribution in [-0.2, 0) is 9.13 Å². The van der Waals surface area contributed by atoms with Gasteiger partial charge in [-0.05, 0) is 122 Å². The summed E-state index contributed by atoms with van der Waals surface area (Å²) in [6.45, 7) is -0.510. The van der Waals surface area contributed by atoms with E-state index in [1.54, 1.807) is 95.6 Å². The molecule has 4 aromatic carbocycles. The van der Waals surface area contributed by atoms with Gasteiger partial charge in [0, 0.05) is 19.6 Å². The standard InChI is InChI=1S/C35H38N4O6P2S4/c1-48-32-13-5-28(6-14-32)42-46(40,43-29-7-15-33(49-2)16-8-29)26-38(23-21-36)25-39(24-22-37)27-47(41,44-30-9-17-34(50-3)18-10-30)45-31-11-19-35(51-4)20-12-31/h5-20H,23-27H2,1-4H3. The van der Waals surface area contributed by atoms with Crippen molar-refractivity contribution >= 4 is 62.2 Å². The quantitative estimate of drug-likeness (QED) is 0.0364. The molecule has 268 valence electrons. The van der Waals surface area contributed by atoms with Gasteiger partial charge in [0.25, 0.3) is 0 Å². The lowest BCUT2D eigenvalue weighted by Crippen LogP contribution is -2.40. The number of nitriles is 2. The van der Waals surface area contributed by atoms with Crippen LogP contribution < -0.4 is 18.1 Å². The smallest absolute Gasteiger partial charge is 0.415 e. The van der Waals surface area contributed by atoms with Crippen molar-refractivity contribution in [2.45, 2.75) is 19.6 Å². The molecule has 0 N–H and O–H groups in total. The molecule has 0 unspecified atom stereocenters. The van der Waals surface area contributed by atoms with Gasteiger partial charge < -0.3 is 18.1 Å². The molecule has 0 aliphatic heterocycles. The zero-order chi connectivity index (χ0) is 36.7. The van der Waals surface area contributed by atoms with E-state index in [4.69, 9.17) is 18.1 Å². The van der Waals surface area contributed by atoms with Crippen LogP contribution in [0.2, 0.25) is 0 Å². The van der Waals surface area contributed by atoms with Crippen molar-refractivity contribution in [2.75, 3.05) is 57.4 Å². The highest BCUT2D eigenvalue weighted by molar-refractivity contribution is 7.99. The van der Waals surface area contributed by atoms with E-state index in [9.17, 15) is 19.7 Å². The van der Waals surface area contributed by atoms with E-state index in [-0.39, 0.29) is 32.3 Å². The lowest BCUT2D eigenvalue weighted by atomic mass is 10.3. The second-order valence-electron chi connectivity index (χ2n) is 10.7. The molecule has 0 radical (unpaired) electrons. The topological polar surface area (TPSA) is 125 Å². The van der Waals surface area contributed by atoms with Gasteiger partial charge in [-0.15, -0.1) is 47.0 Å². The maximum atomic E-state index is 14.6. The Morgan fingerprint density at radius 3 is 0.922 bits per heavy atom. The molecule has 0 atom stereocenters. The predicted molar refractivity (Wildman–Crippen MR) is 210 cm³/mol. The van der Waals surface area contributed by atoms with Crippen LogP contribution in [-0.4, -0.2) is 67.2 Å². The van der Waals surface area contributed by atoms with Crippen LogP contribution in [0.25, 0.3) is 0 Å². The molecule has 4 rings (SSSR count). The van der Waals surface area contributed by atoms with Gasteiger partial charge in [-0.3, -0.25) is 9.80 Å². The van der Waals surface area contributed by atoms with Gasteiger partial charge in [0.1, 0.15) is 35.6 Å². The summed E-state index contributed by atoms with van der Waals surface area (Å²) in [5.41, 5.74) is 0. The number of thioether (sulfide) groups is 4. The van der Waals surface area contributed by atoms with Gasteiger partial charge in [-0.25, -0.2) is 9.13 Å². The van der Waals surface area contributed by atoms with Crippen molar-refractivity contribution in [1.82, 2.24) is 9.80 Å². The predicted octanol–water partition coefficient (Wildman–Crippen LogP) is 10.1. The first-order valence-electron chi connectivity index (χ1n) is 15.3. The molecule has 0 saturated carbocycles. The number of benzene rings is 4. The Morgan fingerprint density at radius 1 is 0.490 bits per heavy atom. The number of hydrogen-bond donors (Lipinski definition) is 0. The Balaban J connectivity index is 1.63. The third-order valence-corrected chi connectivity index (χ3v) is 13.4. The van der Waals surface area contributed by atoms with E-state index in [0.29, 0.717) is 23.0 Å². The normalized spacial score (nSPS) is 11.5. The van der Waals surface area contributed by atoms with Gasteiger partial charge >= 0.3 is 15.2 Å². The maximum Gasteiger partial charge on any atom is 0.444 e. The molecular weight excluding hydrogens is 763 g/mol. The summed E-state index contributed by atoms with van der Waals surface area (Å²) in [6.07, 6.45) is 7.15. The Labute approximate surface area is 317 Å². The van der Waals surface area contributed by atoms with E-state index in [0.717, 1.165) is 19.6 Å². The molecule has 0 aromatic heterocycles. The van der Waals surface area contributed by atoms with E-state index in [2.05, 4.69) is 12.1 Å². The van der Waals surface area contributed by atoms with Crippen LogP contribution >= 0.6 is 62.2 Å². The molecule has 0 aliphatic carbocycles. The fraction of sp³-hybridized carbons (Fsp3) is 0.257. The molecule has 10 nitrogen and oxygen atoms in total. The Morgan fingerprint density at radius 2 is 0.725 bits per heavy atom. The molecule has 4 aromatic rings. The molecular formula is C35H38N4O6P2S4. The van der Waals surface area contributed by atoms with Crippen LogP contribution in [0.1, 0.15) is 0 Å². The van der Waals surface area contributed by atoms with E-state index >= 15 is 0 Å². The van der Waals surface area contributed by atoms with Crippen LogP contribution in [0.4, 0.5) is 0 Å². The molecule has 16 heteroatoms. The summed E-state index contributed by atoms with van der Waals surface area (Å²) < 4.78 is 53.3. The zero-order valence-corrected chi connectivity index (χ0v) is 33.6. The highest BCUT2D eigenvalue weighted by Gasteiger charge is 2.36. The second-order valence-corrected chi connectivity index (χ2v) is 17.9. The van der Waals surface area contributed by atoms with Crippen molar-refractivity contribution < 1.29 is 27.2 Å². The van der Waals surface area contributed by atoms with Gasteiger partial charge in [0.2, 0.25) is 0 Å².